The van der Waals surface area contributed by atoms with Gasteiger partial charge in [-0.25, -0.2) is 9.78 Å². The molecule has 138 valence electrons. The van der Waals surface area contributed by atoms with Crippen LogP contribution in [0.2, 0.25) is 0 Å². The van der Waals surface area contributed by atoms with Crippen LogP contribution in [0.4, 0.5) is 15.6 Å². The second kappa shape index (κ2) is 7.75. The Bertz CT molecular complexity index is 952. The number of thiazole rings is 1. The number of carbonyl (C=O) groups is 2. The summed E-state index contributed by atoms with van der Waals surface area (Å²) in [6.07, 6.45) is 3.24. The molecule has 7 heteroatoms. The van der Waals surface area contributed by atoms with Crippen LogP contribution in [0, 0.1) is 5.92 Å². The standard InChI is InChI=1S/C20H20N4O2S/c25-18(23-19-21-10-12-27-19)15-7-4-11-24(13-15)20(26)22-17-9-3-6-14-5-1-2-8-16(14)17/h1-3,5-6,8-10,12,15H,4,7,11,13H2,(H,22,26)(H,21,23,25). The van der Waals surface area contributed by atoms with Gasteiger partial charge in [-0.05, 0) is 24.3 Å². The van der Waals surface area contributed by atoms with Gasteiger partial charge in [0.15, 0.2) is 5.13 Å². The molecule has 0 bridgehead atoms. The molecule has 1 fully saturated rings. The van der Waals surface area contributed by atoms with Gasteiger partial charge in [0.1, 0.15) is 0 Å². The molecule has 1 aliphatic heterocycles. The summed E-state index contributed by atoms with van der Waals surface area (Å²) < 4.78 is 0. The van der Waals surface area contributed by atoms with Gasteiger partial charge in [-0.1, -0.05) is 36.4 Å². The highest BCUT2D eigenvalue weighted by Crippen LogP contribution is 2.25. The summed E-state index contributed by atoms with van der Waals surface area (Å²) in [4.78, 5) is 31.0. The SMILES string of the molecule is O=C(Nc1nccs1)C1CCCN(C(=O)Nc2cccc3ccccc23)C1. The van der Waals surface area contributed by atoms with Crippen molar-refractivity contribution in [2.75, 3.05) is 23.7 Å². The highest BCUT2D eigenvalue weighted by molar-refractivity contribution is 7.13. The van der Waals surface area contributed by atoms with Crippen molar-refractivity contribution in [3.63, 3.8) is 0 Å². The largest absolute Gasteiger partial charge is 0.324 e. The number of piperidine rings is 1. The number of carbonyl (C=O) groups excluding carboxylic acids is 2. The first-order valence-corrected chi connectivity index (χ1v) is 9.83. The van der Waals surface area contributed by atoms with Crippen LogP contribution in [0.3, 0.4) is 0 Å². The van der Waals surface area contributed by atoms with Crippen molar-refractivity contribution in [3.8, 4) is 0 Å². The van der Waals surface area contributed by atoms with E-state index in [1.54, 1.807) is 11.1 Å². The van der Waals surface area contributed by atoms with Crippen molar-refractivity contribution >= 4 is 44.9 Å². The molecule has 6 nitrogen and oxygen atoms in total. The molecule has 1 aliphatic rings. The second-order valence-electron chi connectivity index (χ2n) is 6.57. The number of fused-ring (bicyclic) bond motifs is 1. The summed E-state index contributed by atoms with van der Waals surface area (Å²) in [5.74, 6) is -0.298. The van der Waals surface area contributed by atoms with Gasteiger partial charge in [-0.2, -0.15) is 0 Å². The van der Waals surface area contributed by atoms with Gasteiger partial charge in [0.05, 0.1) is 11.6 Å². The third-order valence-electron chi connectivity index (χ3n) is 4.77. The topological polar surface area (TPSA) is 74.3 Å². The maximum atomic E-state index is 12.8. The van der Waals surface area contributed by atoms with Gasteiger partial charge in [-0.15, -0.1) is 11.3 Å². The fourth-order valence-electron chi connectivity index (χ4n) is 3.40. The molecular formula is C20H20N4O2S. The highest BCUT2D eigenvalue weighted by atomic mass is 32.1. The molecule has 0 radical (unpaired) electrons. The number of likely N-dealkylation sites (tertiary alicyclic amines) is 1. The van der Waals surface area contributed by atoms with E-state index in [9.17, 15) is 9.59 Å². The van der Waals surface area contributed by atoms with Crippen LogP contribution >= 0.6 is 11.3 Å². The van der Waals surface area contributed by atoms with Crippen LogP contribution in [0.15, 0.2) is 54.0 Å². The van der Waals surface area contributed by atoms with E-state index in [0.717, 1.165) is 29.3 Å². The Kier molecular flexibility index (Phi) is 5.02. The molecule has 0 saturated carbocycles. The second-order valence-corrected chi connectivity index (χ2v) is 7.46. The Hall–Kier alpha value is -2.93. The van der Waals surface area contributed by atoms with Crippen molar-refractivity contribution < 1.29 is 9.59 Å². The minimum Gasteiger partial charge on any atom is -0.324 e. The number of benzene rings is 2. The maximum absolute atomic E-state index is 12.8. The molecule has 1 saturated heterocycles. The van der Waals surface area contributed by atoms with Crippen LogP contribution < -0.4 is 10.6 Å². The number of aromatic nitrogens is 1. The third kappa shape index (κ3) is 3.93. The van der Waals surface area contributed by atoms with E-state index in [2.05, 4.69) is 15.6 Å². The van der Waals surface area contributed by atoms with Crippen LogP contribution in [0.1, 0.15) is 12.8 Å². The molecule has 1 aromatic heterocycles. The highest BCUT2D eigenvalue weighted by Gasteiger charge is 2.29. The summed E-state index contributed by atoms with van der Waals surface area (Å²) >= 11 is 1.39. The number of nitrogens with zero attached hydrogens (tertiary/aromatic N) is 2. The van der Waals surface area contributed by atoms with Crippen molar-refractivity contribution in [2.24, 2.45) is 5.92 Å². The molecule has 27 heavy (non-hydrogen) atoms. The summed E-state index contributed by atoms with van der Waals surface area (Å²) in [5, 5.41) is 10.3. The third-order valence-corrected chi connectivity index (χ3v) is 5.46. The monoisotopic (exact) mass is 380 g/mol. The van der Waals surface area contributed by atoms with E-state index < -0.39 is 0 Å². The number of hydrogen-bond donors (Lipinski definition) is 2. The molecule has 1 unspecified atom stereocenters. The Labute approximate surface area is 161 Å². The quantitative estimate of drug-likeness (QED) is 0.716. The zero-order valence-corrected chi connectivity index (χ0v) is 15.5. The van der Waals surface area contributed by atoms with Crippen molar-refractivity contribution in [2.45, 2.75) is 12.8 Å². The normalized spacial score (nSPS) is 16.9. The number of urea groups is 1. The zero-order chi connectivity index (χ0) is 18.6. The van der Waals surface area contributed by atoms with Crippen LogP contribution in [-0.4, -0.2) is 34.9 Å². The predicted octanol–water partition coefficient (Wildman–Crippen LogP) is 4.18. The Morgan fingerprint density at radius 3 is 2.81 bits per heavy atom. The summed E-state index contributed by atoms with van der Waals surface area (Å²) in [6.45, 7) is 1.06. The molecule has 0 aliphatic carbocycles. The molecule has 3 amide bonds. The van der Waals surface area contributed by atoms with Gasteiger partial charge < -0.3 is 15.5 Å². The molecule has 3 aromatic rings. The summed E-state index contributed by atoms with van der Waals surface area (Å²) in [7, 11) is 0. The van der Waals surface area contributed by atoms with E-state index in [1.165, 1.54) is 11.3 Å². The fourth-order valence-corrected chi connectivity index (χ4v) is 3.93. The van der Waals surface area contributed by atoms with Crippen LogP contribution in [-0.2, 0) is 4.79 Å². The lowest BCUT2D eigenvalue weighted by atomic mass is 9.97. The Morgan fingerprint density at radius 1 is 1.11 bits per heavy atom. The summed E-state index contributed by atoms with van der Waals surface area (Å²) in [6, 6.07) is 13.6. The summed E-state index contributed by atoms with van der Waals surface area (Å²) in [5.41, 5.74) is 0.785. The number of rotatable bonds is 3. The lowest BCUT2D eigenvalue weighted by molar-refractivity contribution is -0.121. The number of nitrogens with one attached hydrogen (secondary N) is 2. The molecule has 2 aromatic carbocycles. The average molecular weight is 380 g/mol. The molecular weight excluding hydrogens is 360 g/mol. The molecule has 2 heterocycles. The van der Waals surface area contributed by atoms with Gasteiger partial charge >= 0.3 is 6.03 Å². The van der Waals surface area contributed by atoms with Crippen LogP contribution in [0.25, 0.3) is 10.8 Å². The van der Waals surface area contributed by atoms with Gasteiger partial charge in [0.2, 0.25) is 5.91 Å². The number of amides is 3. The van der Waals surface area contributed by atoms with Gasteiger partial charge in [0, 0.05) is 30.1 Å². The molecule has 1 atom stereocenters. The lowest BCUT2D eigenvalue weighted by Crippen LogP contribution is -2.45. The maximum Gasteiger partial charge on any atom is 0.321 e. The Balaban J connectivity index is 1.43. The zero-order valence-electron chi connectivity index (χ0n) is 14.7. The van der Waals surface area contributed by atoms with E-state index in [4.69, 9.17) is 0 Å². The molecule has 0 spiro atoms. The minimum atomic E-state index is -0.221. The van der Waals surface area contributed by atoms with Crippen molar-refractivity contribution in [1.82, 2.24) is 9.88 Å². The average Bonchev–Trinajstić information content (AvgIpc) is 3.21. The first-order chi connectivity index (χ1) is 13.2. The predicted molar refractivity (Wildman–Crippen MR) is 108 cm³/mol. The van der Waals surface area contributed by atoms with Crippen molar-refractivity contribution in [1.29, 1.82) is 0 Å². The Morgan fingerprint density at radius 2 is 1.96 bits per heavy atom. The number of anilines is 2. The first kappa shape index (κ1) is 17.5. The molecule has 4 rings (SSSR count). The fraction of sp³-hybridized carbons (Fsp3) is 0.250. The lowest BCUT2D eigenvalue weighted by Gasteiger charge is -2.32. The van der Waals surface area contributed by atoms with Gasteiger partial charge in [0.25, 0.3) is 0 Å². The van der Waals surface area contributed by atoms with E-state index in [0.29, 0.717) is 18.2 Å². The van der Waals surface area contributed by atoms with Gasteiger partial charge in [-0.3, -0.25) is 4.79 Å². The van der Waals surface area contributed by atoms with E-state index in [-0.39, 0.29) is 17.9 Å². The smallest absolute Gasteiger partial charge is 0.321 e. The van der Waals surface area contributed by atoms with Crippen molar-refractivity contribution in [3.05, 3.63) is 54.0 Å². The minimum absolute atomic E-state index is 0.0763. The first-order valence-electron chi connectivity index (χ1n) is 8.95. The van der Waals surface area contributed by atoms with E-state index in [1.807, 2.05) is 47.8 Å². The molecule has 2 N–H and O–H groups in total. The number of hydrogen-bond acceptors (Lipinski definition) is 4. The van der Waals surface area contributed by atoms with Crippen LogP contribution in [0.5, 0.6) is 0 Å². The van der Waals surface area contributed by atoms with E-state index >= 15 is 0 Å².